The Bertz CT molecular complexity index is 1410. The van der Waals surface area contributed by atoms with E-state index in [1.54, 1.807) is 24.4 Å². The Kier molecular flexibility index (Phi) is 5.46. The highest BCUT2D eigenvalue weighted by molar-refractivity contribution is 5.83. The number of carbonyl (C=O) groups excluding carboxylic acids is 1. The van der Waals surface area contributed by atoms with Gasteiger partial charge in [-0.05, 0) is 45.0 Å². The summed E-state index contributed by atoms with van der Waals surface area (Å²) in [4.78, 5) is 34.1. The van der Waals surface area contributed by atoms with Crippen LogP contribution in [0.4, 0.5) is 27.5 Å². The number of amides is 1. The number of hydrogen-bond donors (Lipinski definition) is 4. The molecule has 0 aliphatic rings. The topological polar surface area (TPSA) is 148 Å². The third-order valence-corrected chi connectivity index (χ3v) is 4.75. The van der Waals surface area contributed by atoms with Crippen molar-refractivity contribution in [3.05, 3.63) is 64.5 Å². The summed E-state index contributed by atoms with van der Waals surface area (Å²) in [6.45, 7) is 4.81. The normalized spacial score (nSPS) is 11.4. The molecule has 0 bridgehead atoms. The number of rotatable bonds is 7. The number of halogens is 1. The van der Waals surface area contributed by atoms with Crippen LogP contribution in [0.5, 0.6) is 5.75 Å². The molecule has 0 aliphatic carbocycles. The first kappa shape index (κ1) is 21.8. The van der Waals surface area contributed by atoms with Gasteiger partial charge in [-0.2, -0.15) is 4.98 Å². The van der Waals surface area contributed by atoms with Crippen molar-refractivity contribution in [2.45, 2.75) is 26.4 Å². The molecule has 0 saturated carbocycles. The summed E-state index contributed by atoms with van der Waals surface area (Å²) >= 11 is 0. The lowest BCUT2D eigenvalue weighted by Gasteiger charge is -2.23. The molecule has 0 unspecified atom stereocenters. The SMILES string of the molecule is Cc1cnc(Nc2cc(F)cc(OC(C)(C)C(N)=O)c2)nc1Nc1ccc2oc(=O)[nH]c2c1. The Labute approximate surface area is 187 Å². The number of aromatic nitrogens is 3. The third-order valence-electron chi connectivity index (χ3n) is 4.75. The fraction of sp³-hybridized carbons (Fsp3) is 0.182. The molecule has 33 heavy (non-hydrogen) atoms. The Balaban J connectivity index is 1.57. The molecule has 5 N–H and O–H groups in total. The largest absolute Gasteiger partial charge is 0.478 e. The van der Waals surface area contributed by atoms with Gasteiger partial charge in [-0.25, -0.2) is 14.2 Å². The van der Waals surface area contributed by atoms with E-state index in [4.69, 9.17) is 14.9 Å². The maximum Gasteiger partial charge on any atom is 0.417 e. The molecular weight excluding hydrogens is 431 g/mol. The molecule has 4 rings (SSSR count). The maximum absolute atomic E-state index is 14.1. The molecule has 0 radical (unpaired) electrons. The van der Waals surface area contributed by atoms with Gasteiger partial charge in [-0.3, -0.25) is 9.78 Å². The van der Waals surface area contributed by atoms with Gasteiger partial charge in [0, 0.05) is 35.3 Å². The van der Waals surface area contributed by atoms with Crippen LogP contribution in [0.15, 0.2) is 51.8 Å². The molecule has 0 fully saturated rings. The van der Waals surface area contributed by atoms with E-state index < -0.39 is 23.1 Å². The highest BCUT2D eigenvalue weighted by Gasteiger charge is 2.27. The van der Waals surface area contributed by atoms with Crippen LogP contribution in [0.25, 0.3) is 11.1 Å². The number of ether oxygens (including phenoxy) is 1. The summed E-state index contributed by atoms with van der Waals surface area (Å²) in [5, 5.41) is 6.09. The Hall–Kier alpha value is -4.41. The minimum Gasteiger partial charge on any atom is -0.478 e. The summed E-state index contributed by atoms with van der Waals surface area (Å²) in [7, 11) is 0. The number of nitrogens with two attached hydrogens (primary N) is 1. The maximum atomic E-state index is 14.1. The summed E-state index contributed by atoms with van der Waals surface area (Å²) in [6, 6.07) is 9.01. The van der Waals surface area contributed by atoms with Crippen molar-refractivity contribution < 1.29 is 18.3 Å². The lowest BCUT2D eigenvalue weighted by molar-refractivity contribution is -0.130. The third kappa shape index (κ3) is 4.92. The highest BCUT2D eigenvalue weighted by Crippen LogP contribution is 2.27. The number of oxazole rings is 1. The molecule has 0 atom stereocenters. The number of nitrogens with zero attached hydrogens (tertiary/aromatic N) is 2. The molecule has 2 heterocycles. The van der Waals surface area contributed by atoms with Crippen molar-refractivity contribution >= 4 is 40.1 Å². The molecule has 2 aromatic carbocycles. The monoisotopic (exact) mass is 452 g/mol. The fourth-order valence-electron chi connectivity index (χ4n) is 2.96. The first-order valence-corrected chi connectivity index (χ1v) is 9.89. The van der Waals surface area contributed by atoms with Gasteiger partial charge in [0.25, 0.3) is 5.91 Å². The van der Waals surface area contributed by atoms with Gasteiger partial charge in [0.15, 0.2) is 11.2 Å². The molecule has 0 aliphatic heterocycles. The van der Waals surface area contributed by atoms with Gasteiger partial charge in [0.2, 0.25) is 5.95 Å². The molecule has 170 valence electrons. The van der Waals surface area contributed by atoms with Gasteiger partial charge in [-0.15, -0.1) is 0 Å². The predicted octanol–water partition coefficient (Wildman–Crippen LogP) is 3.49. The Morgan fingerprint density at radius 1 is 1.18 bits per heavy atom. The van der Waals surface area contributed by atoms with E-state index in [0.717, 1.165) is 11.6 Å². The van der Waals surface area contributed by atoms with Crippen molar-refractivity contribution in [2.75, 3.05) is 10.6 Å². The van der Waals surface area contributed by atoms with Gasteiger partial charge < -0.3 is 25.5 Å². The van der Waals surface area contributed by atoms with Crippen molar-refractivity contribution in [3.63, 3.8) is 0 Å². The Morgan fingerprint density at radius 3 is 2.73 bits per heavy atom. The van der Waals surface area contributed by atoms with Crippen molar-refractivity contribution in [1.29, 1.82) is 0 Å². The Morgan fingerprint density at radius 2 is 1.97 bits per heavy atom. The zero-order valence-corrected chi connectivity index (χ0v) is 18.0. The second-order valence-electron chi connectivity index (χ2n) is 7.85. The first-order chi connectivity index (χ1) is 15.6. The lowest BCUT2D eigenvalue weighted by atomic mass is 10.1. The summed E-state index contributed by atoms with van der Waals surface area (Å²) in [5.41, 5.74) is 6.73. The standard InChI is InChI=1S/C22H21FN6O4/c1-11-10-25-20(27-14-6-12(23)7-15(8-14)33-22(2,3)19(24)30)29-18(11)26-13-4-5-17-16(9-13)28-21(31)32-17/h4-10H,1-3H3,(H2,24,30)(H,28,31)(H2,25,26,27,29). The summed E-state index contributed by atoms with van der Waals surface area (Å²) in [6.07, 6.45) is 1.60. The fourth-order valence-corrected chi connectivity index (χ4v) is 2.96. The number of benzene rings is 2. The van der Waals surface area contributed by atoms with Gasteiger partial charge in [0.05, 0.1) is 5.52 Å². The number of nitrogens with one attached hydrogen (secondary N) is 3. The number of fused-ring (bicyclic) bond motifs is 1. The zero-order valence-electron chi connectivity index (χ0n) is 18.0. The van der Waals surface area contributed by atoms with E-state index in [1.807, 2.05) is 6.92 Å². The summed E-state index contributed by atoms with van der Waals surface area (Å²) in [5.74, 6) is -0.981. The van der Waals surface area contributed by atoms with Crippen LogP contribution >= 0.6 is 0 Å². The van der Waals surface area contributed by atoms with Gasteiger partial charge >= 0.3 is 5.76 Å². The van der Waals surface area contributed by atoms with E-state index in [1.165, 1.54) is 26.0 Å². The average molecular weight is 452 g/mol. The lowest BCUT2D eigenvalue weighted by Crippen LogP contribution is -2.43. The van der Waals surface area contributed by atoms with Crippen LogP contribution in [0.2, 0.25) is 0 Å². The van der Waals surface area contributed by atoms with E-state index in [2.05, 4.69) is 25.6 Å². The molecule has 4 aromatic rings. The van der Waals surface area contributed by atoms with E-state index in [-0.39, 0.29) is 11.7 Å². The van der Waals surface area contributed by atoms with Gasteiger partial charge in [-0.1, -0.05) is 0 Å². The van der Waals surface area contributed by atoms with Crippen molar-refractivity contribution in [1.82, 2.24) is 15.0 Å². The van der Waals surface area contributed by atoms with Crippen LogP contribution in [-0.2, 0) is 4.79 Å². The van der Waals surface area contributed by atoms with Crippen LogP contribution in [-0.4, -0.2) is 26.5 Å². The number of carbonyl (C=O) groups is 1. The smallest absolute Gasteiger partial charge is 0.417 e. The van der Waals surface area contributed by atoms with Crippen LogP contribution in [0.3, 0.4) is 0 Å². The van der Waals surface area contributed by atoms with Gasteiger partial charge in [0.1, 0.15) is 17.4 Å². The highest BCUT2D eigenvalue weighted by atomic mass is 19.1. The second-order valence-corrected chi connectivity index (χ2v) is 7.85. The average Bonchev–Trinajstić information content (AvgIpc) is 3.09. The first-order valence-electron chi connectivity index (χ1n) is 9.89. The van der Waals surface area contributed by atoms with Crippen molar-refractivity contribution in [2.24, 2.45) is 5.73 Å². The van der Waals surface area contributed by atoms with E-state index in [0.29, 0.717) is 28.3 Å². The molecular formula is C22H21FN6O4. The molecule has 0 spiro atoms. The molecule has 10 nitrogen and oxygen atoms in total. The molecule has 2 aromatic heterocycles. The van der Waals surface area contributed by atoms with E-state index >= 15 is 0 Å². The quantitative estimate of drug-likeness (QED) is 0.333. The molecule has 1 amide bonds. The van der Waals surface area contributed by atoms with E-state index in [9.17, 15) is 14.0 Å². The number of aromatic amines is 1. The van der Waals surface area contributed by atoms with Crippen molar-refractivity contribution in [3.8, 4) is 5.75 Å². The number of hydrogen-bond acceptors (Lipinski definition) is 8. The summed E-state index contributed by atoms with van der Waals surface area (Å²) < 4.78 is 24.7. The van der Waals surface area contributed by atoms with Crippen LogP contribution < -0.4 is 26.9 Å². The molecule has 11 heteroatoms. The van der Waals surface area contributed by atoms with Crippen LogP contribution in [0.1, 0.15) is 19.4 Å². The minimum absolute atomic E-state index is 0.120. The number of H-pyrrole nitrogens is 1. The number of anilines is 4. The van der Waals surface area contributed by atoms with Crippen LogP contribution in [0, 0.1) is 12.7 Å². The molecule has 0 saturated heterocycles. The number of aryl methyl sites for hydroxylation is 1. The minimum atomic E-state index is -1.32. The predicted molar refractivity (Wildman–Crippen MR) is 120 cm³/mol. The second kappa shape index (κ2) is 8.26. The zero-order chi connectivity index (χ0) is 23.8. The number of primary amides is 1.